The van der Waals surface area contributed by atoms with Crippen LogP contribution in [0.3, 0.4) is 0 Å². The molecule has 1 aliphatic heterocycles. The molecule has 1 aliphatic rings. The summed E-state index contributed by atoms with van der Waals surface area (Å²) in [7, 11) is 0. The summed E-state index contributed by atoms with van der Waals surface area (Å²) in [6.45, 7) is 8.69. The van der Waals surface area contributed by atoms with Gasteiger partial charge in [-0.1, -0.05) is 62.9 Å². The Balaban J connectivity index is 1.35. The summed E-state index contributed by atoms with van der Waals surface area (Å²) in [5, 5.41) is 10.8. The number of ether oxygens (including phenoxy) is 3. The number of fused-ring (bicyclic) bond motifs is 2. The monoisotopic (exact) mass is 564 g/mol. The van der Waals surface area contributed by atoms with Crippen LogP contribution in [0.4, 0.5) is 0 Å². The van der Waals surface area contributed by atoms with Gasteiger partial charge in [0.1, 0.15) is 34.5 Å². The molecule has 0 saturated carbocycles. The van der Waals surface area contributed by atoms with Gasteiger partial charge in [0.25, 0.3) is 0 Å². The average Bonchev–Trinajstić information content (AvgIpc) is 3.33. The number of hydrogen-bond acceptors (Lipinski definition) is 7. The number of unbranched alkanes of at least 4 members (excludes halogenated alkanes) is 4. The first-order valence-electron chi connectivity index (χ1n) is 14.5. The molecule has 0 radical (unpaired) electrons. The second-order valence-corrected chi connectivity index (χ2v) is 10.8. The van der Waals surface area contributed by atoms with E-state index in [1.807, 2.05) is 57.2 Å². The lowest BCUT2D eigenvalue weighted by atomic mass is 9.83. The number of allylic oxidation sites excluding steroid dienone is 1. The molecule has 0 bridgehead atoms. The summed E-state index contributed by atoms with van der Waals surface area (Å²) < 4.78 is 23.4. The first-order chi connectivity index (χ1) is 20.3. The van der Waals surface area contributed by atoms with Crippen LogP contribution < -0.4 is 19.9 Å². The van der Waals surface area contributed by atoms with Crippen molar-refractivity contribution in [2.75, 3.05) is 6.61 Å². The number of hydrogen-bond donors (Lipinski definition) is 1. The second kappa shape index (κ2) is 12.4. The third-order valence-electron chi connectivity index (χ3n) is 7.94. The Bertz CT molecular complexity index is 1690. The predicted molar refractivity (Wildman–Crippen MR) is 162 cm³/mol. The molecule has 0 fully saturated rings. The van der Waals surface area contributed by atoms with Crippen molar-refractivity contribution in [3.05, 3.63) is 99.6 Å². The third kappa shape index (κ3) is 5.71. The van der Waals surface area contributed by atoms with E-state index in [9.17, 15) is 10.1 Å². The number of nitrogens with two attached hydrogens (primary N) is 1. The molecule has 42 heavy (non-hydrogen) atoms. The molecular formula is C35H36N2O5. The van der Waals surface area contributed by atoms with Crippen LogP contribution in [0.15, 0.2) is 70.5 Å². The maximum Gasteiger partial charge on any atom is 0.379 e. The molecule has 0 saturated heterocycles. The van der Waals surface area contributed by atoms with Crippen molar-refractivity contribution >= 4 is 16.9 Å². The van der Waals surface area contributed by atoms with Gasteiger partial charge in [-0.05, 0) is 62.1 Å². The van der Waals surface area contributed by atoms with Crippen molar-refractivity contribution < 1.29 is 23.4 Å². The SMILES string of the molecule is CCCCCCCOc1ccc(C2C(C#N)=C(N)Oc3cc(OC(=O)c4oc5c(C)c(C)ccc5c4C)ccc32)cc1. The van der Waals surface area contributed by atoms with Gasteiger partial charge in [-0.15, -0.1) is 0 Å². The topological polar surface area (TPSA) is 108 Å². The van der Waals surface area contributed by atoms with Gasteiger partial charge in [-0.3, -0.25) is 0 Å². The summed E-state index contributed by atoms with van der Waals surface area (Å²) in [4.78, 5) is 13.1. The minimum atomic E-state index is -0.602. The van der Waals surface area contributed by atoms with E-state index < -0.39 is 11.9 Å². The fourth-order valence-electron chi connectivity index (χ4n) is 5.36. The van der Waals surface area contributed by atoms with E-state index in [0.29, 0.717) is 23.5 Å². The van der Waals surface area contributed by atoms with Gasteiger partial charge in [0, 0.05) is 22.6 Å². The minimum Gasteiger partial charge on any atom is -0.494 e. The fraction of sp³-hybridized carbons (Fsp3) is 0.314. The van der Waals surface area contributed by atoms with Crippen LogP contribution in [0.2, 0.25) is 0 Å². The van der Waals surface area contributed by atoms with Crippen molar-refractivity contribution in [1.29, 1.82) is 5.26 Å². The maximum absolute atomic E-state index is 13.1. The molecule has 7 nitrogen and oxygen atoms in total. The normalized spacial score (nSPS) is 14.3. The smallest absolute Gasteiger partial charge is 0.379 e. The molecule has 0 aliphatic carbocycles. The van der Waals surface area contributed by atoms with Crippen LogP contribution in [0.25, 0.3) is 11.0 Å². The summed E-state index contributed by atoms with van der Waals surface area (Å²) in [6, 6.07) is 19.0. The van der Waals surface area contributed by atoms with Crippen LogP contribution in [0.1, 0.15) is 83.3 Å². The molecule has 0 spiro atoms. The Kier molecular flexibility index (Phi) is 8.53. The summed E-state index contributed by atoms with van der Waals surface area (Å²) in [6.07, 6.45) is 5.88. The lowest BCUT2D eigenvalue weighted by molar-refractivity contribution is 0.0702. The largest absolute Gasteiger partial charge is 0.494 e. The van der Waals surface area contributed by atoms with Crippen molar-refractivity contribution in [2.45, 2.75) is 65.7 Å². The van der Waals surface area contributed by atoms with Gasteiger partial charge in [-0.25, -0.2) is 4.79 Å². The van der Waals surface area contributed by atoms with Gasteiger partial charge < -0.3 is 24.4 Å². The molecule has 1 atom stereocenters. The molecule has 4 aromatic rings. The zero-order valence-corrected chi connectivity index (χ0v) is 24.6. The van der Waals surface area contributed by atoms with Crippen molar-refractivity contribution in [1.82, 2.24) is 0 Å². The van der Waals surface area contributed by atoms with Crippen LogP contribution in [-0.4, -0.2) is 12.6 Å². The predicted octanol–water partition coefficient (Wildman–Crippen LogP) is 8.14. The third-order valence-corrected chi connectivity index (χ3v) is 7.94. The number of aryl methyl sites for hydroxylation is 3. The highest BCUT2D eigenvalue weighted by molar-refractivity contribution is 5.98. The van der Waals surface area contributed by atoms with Gasteiger partial charge in [0.15, 0.2) is 0 Å². The number of esters is 1. The lowest BCUT2D eigenvalue weighted by Crippen LogP contribution is -2.21. The molecule has 216 valence electrons. The number of rotatable bonds is 10. The number of carbonyl (C=O) groups is 1. The summed E-state index contributed by atoms with van der Waals surface area (Å²) in [5.41, 5.74) is 11.6. The Morgan fingerprint density at radius 2 is 1.69 bits per heavy atom. The zero-order valence-electron chi connectivity index (χ0n) is 24.6. The second-order valence-electron chi connectivity index (χ2n) is 10.8. The van der Waals surface area contributed by atoms with Crippen molar-refractivity contribution in [2.24, 2.45) is 5.73 Å². The molecule has 2 heterocycles. The van der Waals surface area contributed by atoms with Gasteiger partial charge in [0.2, 0.25) is 11.6 Å². The molecule has 1 unspecified atom stereocenters. The standard InChI is InChI=1S/C35H36N2O5/c1-5-6-7-8-9-18-39-25-13-11-24(12-14-25)31-28-17-15-26(19-30(28)41-34(37)29(31)20-36)40-35(38)33-23(4)27-16-10-21(2)22(3)32(27)42-33/h10-17,19,31H,5-9,18,37H2,1-4H3. The Labute approximate surface area is 246 Å². The van der Waals surface area contributed by atoms with E-state index >= 15 is 0 Å². The van der Waals surface area contributed by atoms with Gasteiger partial charge in [0.05, 0.1) is 12.5 Å². The fourth-order valence-corrected chi connectivity index (χ4v) is 5.36. The highest BCUT2D eigenvalue weighted by Gasteiger charge is 2.31. The molecule has 2 N–H and O–H groups in total. The zero-order chi connectivity index (χ0) is 29.8. The van der Waals surface area contributed by atoms with E-state index in [1.165, 1.54) is 19.3 Å². The highest BCUT2D eigenvalue weighted by Crippen LogP contribution is 2.44. The number of furan rings is 1. The maximum atomic E-state index is 13.1. The van der Waals surface area contributed by atoms with Crippen molar-refractivity contribution in [3.63, 3.8) is 0 Å². The molecule has 0 amide bonds. The van der Waals surface area contributed by atoms with E-state index in [2.05, 4.69) is 13.0 Å². The summed E-state index contributed by atoms with van der Waals surface area (Å²) >= 11 is 0. The van der Waals surface area contributed by atoms with Crippen molar-refractivity contribution in [3.8, 4) is 23.3 Å². The number of nitriles is 1. The molecule has 1 aromatic heterocycles. The van der Waals surface area contributed by atoms with Crippen LogP contribution in [0, 0.1) is 32.1 Å². The first-order valence-corrected chi connectivity index (χ1v) is 14.5. The summed E-state index contributed by atoms with van der Waals surface area (Å²) in [5.74, 6) is 0.619. The Morgan fingerprint density at radius 1 is 0.952 bits per heavy atom. The van der Waals surface area contributed by atoms with Crippen LogP contribution in [-0.2, 0) is 0 Å². The quantitative estimate of drug-likeness (QED) is 0.118. The van der Waals surface area contributed by atoms with Crippen LogP contribution in [0.5, 0.6) is 17.2 Å². The molecule has 3 aromatic carbocycles. The number of benzene rings is 3. The number of nitrogens with zero attached hydrogens (tertiary/aromatic N) is 1. The Morgan fingerprint density at radius 3 is 2.43 bits per heavy atom. The molecular weight excluding hydrogens is 528 g/mol. The molecule has 7 heteroatoms. The van der Waals surface area contributed by atoms with Gasteiger partial charge in [-0.2, -0.15) is 5.26 Å². The Hall–Kier alpha value is -4.70. The van der Waals surface area contributed by atoms with Crippen LogP contribution >= 0.6 is 0 Å². The van der Waals surface area contributed by atoms with E-state index in [-0.39, 0.29) is 17.4 Å². The van der Waals surface area contributed by atoms with Gasteiger partial charge >= 0.3 is 5.97 Å². The number of carbonyl (C=O) groups excluding carboxylic acids is 1. The van der Waals surface area contributed by atoms with E-state index in [1.54, 1.807) is 18.2 Å². The minimum absolute atomic E-state index is 0.0184. The molecule has 5 rings (SSSR count). The van der Waals surface area contributed by atoms with E-state index in [0.717, 1.165) is 51.8 Å². The lowest BCUT2D eigenvalue weighted by Gasteiger charge is -2.26. The van der Waals surface area contributed by atoms with E-state index in [4.69, 9.17) is 24.4 Å². The average molecular weight is 565 g/mol. The first kappa shape index (κ1) is 28.8. The highest BCUT2D eigenvalue weighted by atomic mass is 16.5.